The smallest absolute Gasteiger partial charge is 0.338 e. The molecule has 0 spiro atoms. The molecule has 0 aliphatic carbocycles. The summed E-state index contributed by atoms with van der Waals surface area (Å²) in [5.74, 6) is -1.08. The monoisotopic (exact) mass is 409 g/mol. The van der Waals surface area contributed by atoms with E-state index in [0.29, 0.717) is 27.9 Å². The van der Waals surface area contributed by atoms with Crippen molar-refractivity contribution in [1.82, 2.24) is 0 Å². The molecule has 0 heterocycles. The summed E-state index contributed by atoms with van der Waals surface area (Å²) in [7, 11) is 0. The van der Waals surface area contributed by atoms with Crippen LogP contribution < -0.4 is 5.32 Å². The van der Waals surface area contributed by atoms with Gasteiger partial charge in [0.15, 0.2) is 6.10 Å². The normalized spacial score (nSPS) is 11.9. The van der Waals surface area contributed by atoms with E-state index in [2.05, 4.69) is 5.32 Å². The van der Waals surface area contributed by atoms with E-state index in [1.165, 1.54) is 13.0 Å². The number of halogens is 2. The van der Waals surface area contributed by atoms with Gasteiger partial charge in [-0.15, -0.1) is 0 Å². The fraction of sp³-hybridized carbons (Fsp3) is 0.300. The zero-order valence-electron chi connectivity index (χ0n) is 15.3. The molecule has 0 unspecified atom stereocenters. The Morgan fingerprint density at radius 2 is 1.70 bits per heavy atom. The van der Waals surface area contributed by atoms with Crippen molar-refractivity contribution in [3.05, 3.63) is 63.6 Å². The molecule has 2 rings (SSSR count). The molecule has 0 saturated heterocycles. The molecule has 1 amide bonds. The Morgan fingerprint density at radius 1 is 1.04 bits per heavy atom. The van der Waals surface area contributed by atoms with E-state index in [-0.39, 0.29) is 6.10 Å². The van der Waals surface area contributed by atoms with Gasteiger partial charge in [-0.3, -0.25) is 4.79 Å². The van der Waals surface area contributed by atoms with Crippen molar-refractivity contribution in [1.29, 1.82) is 0 Å². The number of benzene rings is 2. The van der Waals surface area contributed by atoms with Crippen LogP contribution in [-0.4, -0.2) is 24.1 Å². The number of amides is 1. The summed E-state index contributed by atoms with van der Waals surface area (Å²) in [6, 6.07) is 11.6. The summed E-state index contributed by atoms with van der Waals surface area (Å²) in [6.45, 7) is 5.86. The van der Waals surface area contributed by atoms with Crippen LogP contribution in [0.15, 0.2) is 42.5 Å². The van der Waals surface area contributed by atoms with Crippen LogP contribution in [0, 0.1) is 0 Å². The third-order valence-corrected chi connectivity index (χ3v) is 4.16. The average molecular weight is 410 g/mol. The molecule has 0 aliphatic rings. The van der Waals surface area contributed by atoms with E-state index < -0.39 is 18.0 Å². The van der Waals surface area contributed by atoms with Gasteiger partial charge in [-0.05, 0) is 56.7 Å². The maximum atomic E-state index is 12.2. The Balaban J connectivity index is 1.93. The second-order valence-electron chi connectivity index (χ2n) is 6.22. The van der Waals surface area contributed by atoms with Crippen molar-refractivity contribution < 1.29 is 19.1 Å². The Hall–Kier alpha value is -2.08. The minimum Gasteiger partial charge on any atom is -0.449 e. The number of ether oxygens (including phenoxy) is 2. The summed E-state index contributed by atoms with van der Waals surface area (Å²) in [4.78, 5) is 24.4. The van der Waals surface area contributed by atoms with E-state index in [4.69, 9.17) is 32.7 Å². The highest BCUT2D eigenvalue weighted by Crippen LogP contribution is 2.25. The molecular weight excluding hydrogens is 389 g/mol. The zero-order valence-corrected chi connectivity index (χ0v) is 16.8. The third-order valence-electron chi connectivity index (χ3n) is 3.62. The maximum absolute atomic E-state index is 12.2. The fourth-order valence-corrected chi connectivity index (χ4v) is 2.56. The highest BCUT2D eigenvalue weighted by molar-refractivity contribution is 6.36. The first-order chi connectivity index (χ1) is 12.8. The van der Waals surface area contributed by atoms with Crippen molar-refractivity contribution in [2.75, 3.05) is 5.32 Å². The summed E-state index contributed by atoms with van der Waals surface area (Å²) >= 11 is 11.8. The van der Waals surface area contributed by atoms with E-state index in [1.807, 2.05) is 13.8 Å². The Labute approximate surface area is 168 Å². The Kier molecular flexibility index (Phi) is 7.66. The third kappa shape index (κ3) is 6.54. The van der Waals surface area contributed by atoms with E-state index in [9.17, 15) is 9.59 Å². The number of esters is 1. The van der Waals surface area contributed by atoms with Gasteiger partial charge in [0.2, 0.25) is 0 Å². The fourth-order valence-electron chi connectivity index (χ4n) is 2.11. The number of hydrogen-bond acceptors (Lipinski definition) is 4. The van der Waals surface area contributed by atoms with Gasteiger partial charge in [-0.25, -0.2) is 4.79 Å². The Bertz CT molecular complexity index is 806. The summed E-state index contributed by atoms with van der Waals surface area (Å²) in [6.07, 6.45) is -0.864. The first kappa shape index (κ1) is 21.2. The molecule has 0 bridgehead atoms. The van der Waals surface area contributed by atoms with Crippen molar-refractivity contribution in [3.63, 3.8) is 0 Å². The molecule has 1 atom stereocenters. The highest BCUT2D eigenvalue weighted by atomic mass is 35.5. The van der Waals surface area contributed by atoms with Gasteiger partial charge >= 0.3 is 5.97 Å². The lowest BCUT2D eigenvalue weighted by atomic mass is 10.1. The first-order valence-corrected chi connectivity index (χ1v) is 9.19. The number of carbonyl (C=O) groups excluding carboxylic acids is 2. The predicted octanol–water partition coefficient (Wildman–Crippen LogP) is 5.10. The molecule has 0 radical (unpaired) electrons. The van der Waals surface area contributed by atoms with Crippen LogP contribution >= 0.6 is 23.2 Å². The van der Waals surface area contributed by atoms with E-state index in [0.717, 1.165) is 5.56 Å². The number of hydrogen-bond donors (Lipinski definition) is 1. The molecule has 1 N–H and O–H groups in total. The number of carbonyl (C=O) groups is 2. The summed E-state index contributed by atoms with van der Waals surface area (Å²) in [5.41, 5.74) is 1.69. The van der Waals surface area contributed by atoms with Crippen molar-refractivity contribution in [2.24, 2.45) is 0 Å². The van der Waals surface area contributed by atoms with Crippen LogP contribution in [0.3, 0.4) is 0 Å². The largest absolute Gasteiger partial charge is 0.449 e. The molecule has 144 valence electrons. The van der Waals surface area contributed by atoms with Gasteiger partial charge in [0.05, 0.1) is 29.0 Å². The number of anilines is 1. The van der Waals surface area contributed by atoms with Crippen molar-refractivity contribution in [2.45, 2.75) is 39.6 Å². The molecular formula is C20H21Cl2NO4. The SMILES string of the molecule is CC(C)OCc1ccc(C(=O)O[C@@H](C)C(=O)Nc2ccc(Cl)cc2Cl)cc1. The summed E-state index contributed by atoms with van der Waals surface area (Å²) in [5, 5.41) is 3.36. The van der Waals surface area contributed by atoms with Crippen molar-refractivity contribution in [3.8, 4) is 0 Å². The van der Waals surface area contributed by atoms with Crippen LogP contribution in [0.25, 0.3) is 0 Å². The first-order valence-electron chi connectivity index (χ1n) is 8.43. The molecule has 2 aromatic rings. The van der Waals surface area contributed by atoms with Gasteiger partial charge in [-0.1, -0.05) is 35.3 Å². The zero-order chi connectivity index (χ0) is 20.0. The molecule has 0 saturated carbocycles. The lowest BCUT2D eigenvalue weighted by Crippen LogP contribution is -2.30. The van der Waals surface area contributed by atoms with Crippen LogP contribution in [0.1, 0.15) is 36.7 Å². The Morgan fingerprint density at radius 3 is 2.30 bits per heavy atom. The molecule has 0 fully saturated rings. The van der Waals surface area contributed by atoms with Gasteiger partial charge in [0, 0.05) is 5.02 Å². The van der Waals surface area contributed by atoms with Gasteiger partial charge < -0.3 is 14.8 Å². The van der Waals surface area contributed by atoms with Gasteiger partial charge in [-0.2, -0.15) is 0 Å². The van der Waals surface area contributed by atoms with Crippen LogP contribution in [0.4, 0.5) is 5.69 Å². The minimum atomic E-state index is -0.992. The quantitative estimate of drug-likeness (QED) is 0.645. The molecule has 2 aromatic carbocycles. The van der Waals surface area contributed by atoms with Crippen LogP contribution in [0.5, 0.6) is 0 Å². The maximum Gasteiger partial charge on any atom is 0.338 e. The lowest BCUT2D eigenvalue weighted by molar-refractivity contribution is -0.123. The average Bonchev–Trinajstić information content (AvgIpc) is 2.62. The molecule has 27 heavy (non-hydrogen) atoms. The number of nitrogens with one attached hydrogen (secondary N) is 1. The molecule has 5 nitrogen and oxygen atoms in total. The molecule has 7 heteroatoms. The van der Waals surface area contributed by atoms with Gasteiger partial charge in [0.1, 0.15) is 0 Å². The predicted molar refractivity (Wildman–Crippen MR) is 106 cm³/mol. The second kappa shape index (κ2) is 9.74. The van der Waals surface area contributed by atoms with E-state index in [1.54, 1.807) is 36.4 Å². The topological polar surface area (TPSA) is 64.6 Å². The van der Waals surface area contributed by atoms with E-state index >= 15 is 0 Å². The minimum absolute atomic E-state index is 0.128. The lowest BCUT2D eigenvalue weighted by Gasteiger charge is -2.14. The van der Waals surface area contributed by atoms with Crippen LogP contribution in [-0.2, 0) is 20.9 Å². The number of rotatable bonds is 7. The highest BCUT2D eigenvalue weighted by Gasteiger charge is 2.20. The van der Waals surface area contributed by atoms with Crippen LogP contribution in [0.2, 0.25) is 10.0 Å². The van der Waals surface area contributed by atoms with Crippen molar-refractivity contribution >= 4 is 40.8 Å². The standard InChI is InChI=1S/C20H21Cl2NO4/c1-12(2)26-11-14-4-6-15(7-5-14)20(25)27-13(3)19(24)23-18-9-8-16(21)10-17(18)22/h4-10,12-13H,11H2,1-3H3,(H,23,24)/t13-/m0/s1. The summed E-state index contributed by atoms with van der Waals surface area (Å²) < 4.78 is 10.7. The second-order valence-corrected chi connectivity index (χ2v) is 7.06. The van der Waals surface area contributed by atoms with Gasteiger partial charge in [0.25, 0.3) is 5.91 Å². The molecule has 0 aromatic heterocycles. The molecule has 0 aliphatic heterocycles.